The van der Waals surface area contributed by atoms with E-state index in [0.29, 0.717) is 47.1 Å². The van der Waals surface area contributed by atoms with Crippen LogP contribution < -0.4 is 19.8 Å². The molecule has 0 fully saturated rings. The van der Waals surface area contributed by atoms with Crippen molar-refractivity contribution < 1.29 is 23.0 Å². The Labute approximate surface area is 233 Å². The fourth-order valence-electron chi connectivity index (χ4n) is 4.68. The number of benzene rings is 2. The Morgan fingerprint density at radius 1 is 1.10 bits per heavy atom. The molecule has 0 spiro atoms. The first-order valence-electron chi connectivity index (χ1n) is 13.3. The first-order valence-corrected chi connectivity index (χ1v) is 14.7. The number of aryl methyl sites for hydroxylation is 1. The third-order valence-corrected chi connectivity index (χ3v) is 8.28. The average molecular weight is 570 g/mol. The monoisotopic (exact) mass is 569 g/mol. The number of fused-ring (bicyclic) bond motifs is 1. The van der Waals surface area contributed by atoms with Crippen molar-refractivity contribution in [2.75, 3.05) is 20.3 Å². The molecule has 0 aliphatic carbocycles. The highest BCUT2D eigenvalue weighted by Gasteiger charge is 2.23. The predicted octanol–water partition coefficient (Wildman–Crippen LogP) is 3.93. The number of nitrogens with zero attached hydrogens (tertiary/aromatic N) is 3. The lowest BCUT2D eigenvalue weighted by Crippen LogP contribution is -2.26. The Morgan fingerprint density at radius 3 is 2.48 bits per heavy atom. The van der Waals surface area contributed by atoms with Crippen LogP contribution in [0.15, 0.2) is 46.1 Å². The molecule has 0 unspecified atom stereocenters. The normalized spacial score (nSPS) is 11.8. The molecule has 3 N–H and O–H groups in total. The third kappa shape index (κ3) is 5.82. The summed E-state index contributed by atoms with van der Waals surface area (Å²) in [6, 6.07) is 9.36. The molecule has 2 aromatic carbocycles. The number of rotatable bonds is 12. The maximum Gasteiger partial charge on any atom is 0.277 e. The van der Waals surface area contributed by atoms with Gasteiger partial charge in [0.1, 0.15) is 11.6 Å². The van der Waals surface area contributed by atoms with Gasteiger partial charge in [-0.25, -0.2) is 22.6 Å². The second kappa shape index (κ2) is 12.1. The van der Waals surface area contributed by atoms with E-state index in [1.807, 2.05) is 6.92 Å². The van der Waals surface area contributed by atoms with Crippen LogP contribution in [0, 0.1) is 6.92 Å². The fourth-order valence-corrected chi connectivity index (χ4v) is 5.74. The molecule has 214 valence electrons. The van der Waals surface area contributed by atoms with E-state index in [1.165, 1.54) is 25.3 Å². The highest BCUT2D eigenvalue weighted by atomic mass is 32.2. The minimum Gasteiger partial charge on any atom is -0.504 e. The van der Waals surface area contributed by atoms with Gasteiger partial charge in [0.25, 0.3) is 5.56 Å². The number of methoxy groups -OCH3 is 1. The lowest BCUT2D eigenvalue weighted by molar-refractivity contribution is 0.341. The van der Waals surface area contributed by atoms with E-state index in [-0.39, 0.29) is 34.5 Å². The topological polar surface area (TPSA) is 148 Å². The first-order chi connectivity index (χ1) is 19.1. The molecule has 0 aliphatic rings. The molecule has 0 amide bonds. The summed E-state index contributed by atoms with van der Waals surface area (Å²) in [5.74, 6) is 1.69. The second-order valence-corrected chi connectivity index (χ2v) is 11.1. The van der Waals surface area contributed by atoms with E-state index in [1.54, 1.807) is 29.6 Å². The van der Waals surface area contributed by atoms with Gasteiger partial charge in [-0.3, -0.25) is 4.79 Å². The van der Waals surface area contributed by atoms with Gasteiger partial charge in [0.15, 0.2) is 22.8 Å². The number of hydrogen-bond acceptors (Lipinski definition) is 8. The molecule has 40 heavy (non-hydrogen) atoms. The molecule has 12 heteroatoms. The van der Waals surface area contributed by atoms with E-state index in [9.17, 15) is 18.3 Å². The van der Waals surface area contributed by atoms with Crippen molar-refractivity contribution in [3.05, 3.63) is 63.8 Å². The van der Waals surface area contributed by atoms with Gasteiger partial charge in [0.05, 0.1) is 29.9 Å². The van der Waals surface area contributed by atoms with E-state index < -0.39 is 10.0 Å². The van der Waals surface area contributed by atoms with Gasteiger partial charge >= 0.3 is 0 Å². The summed E-state index contributed by atoms with van der Waals surface area (Å²) < 4.78 is 41.4. The number of aromatic amines is 1. The zero-order valence-electron chi connectivity index (χ0n) is 23.3. The van der Waals surface area contributed by atoms with Gasteiger partial charge in [0.2, 0.25) is 10.0 Å². The van der Waals surface area contributed by atoms with Crippen LogP contribution in [0.1, 0.15) is 56.6 Å². The molecule has 4 rings (SSSR count). The molecule has 0 saturated heterocycles. The van der Waals surface area contributed by atoms with Crippen LogP contribution in [0.5, 0.6) is 17.2 Å². The molecular formula is C28H35N5O6S. The number of hydrogen-bond donors (Lipinski definition) is 3. The van der Waals surface area contributed by atoms with Crippen LogP contribution in [0.2, 0.25) is 0 Å². The van der Waals surface area contributed by atoms with E-state index >= 15 is 0 Å². The Balaban J connectivity index is 1.70. The van der Waals surface area contributed by atoms with Crippen LogP contribution in [-0.2, 0) is 16.4 Å². The summed E-state index contributed by atoms with van der Waals surface area (Å²) in [5, 5.41) is 14.7. The van der Waals surface area contributed by atoms with Crippen LogP contribution in [0.3, 0.4) is 0 Å². The van der Waals surface area contributed by atoms with Crippen molar-refractivity contribution in [1.29, 1.82) is 0 Å². The molecule has 0 radical (unpaired) electrons. The Kier molecular flexibility index (Phi) is 8.79. The number of phenolic OH excluding ortho intramolecular Hbond substituents is 1. The number of sulfonamides is 1. The number of aromatic hydroxyl groups is 1. The number of ether oxygens (including phenoxy) is 2. The summed E-state index contributed by atoms with van der Waals surface area (Å²) in [5.41, 5.74) is 1.65. The fraction of sp³-hybridized carbons (Fsp3) is 0.393. The predicted molar refractivity (Wildman–Crippen MR) is 152 cm³/mol. The molecule has 0 bridgehead atoms. The van der Waals surface area contributed by atoms with Gasteiger partial charge < -0.3 is 19.6 Å². The summed E-state index contributed by atoms with van der Waals surface area (Å²) in [4.78, 5) is 20.6. The highest BCUT2D eigenvalue weighted by Crippen LogP contribution is 2.31. The largest absolute Gasteiger partial charge is 0.504 e. The zero-order chi connectivity index (χ0) is 29.0. The molecule has 0 saturated carbocycles. The van der Waals surface area contributed by atoms with Gasteiger partial charge in [-0.2, -0.15) is 0 Å². The van der Waals surface area contributed by atoms with Crippen molar-refractivity contribution in [2.45, 2.75) is 57.8 Å². The Bertz CT molecular complexity index is 1670. The first kappa shape index (κ1) is 29.1. The van der Waals surface area contributed by atoms with Crippen LogP contribution >= 0.6 is 0 Å². The molecule has 4 aromatic rings. The maximum atomic E-state index is 13.2. The number of H-pyrrole nitrogens is 1. The SMILES string of the molecule is CCOc1ccc(S(=O)(=O)NCCc2ccc(OC)c(O)c2)cc1-c1nn2c(C(CC)CC)nc(C)c2c(=O)[nH]1. The average Bonchev–Trinajstić information content (AvgIpc) is 3.26. The van der Waals surface area contributed by atoms with Gasteiger partial charge in [-0.05, 0) is 69.0 Å². The van der Waals surface area contributed by atoms with Crippen molar-refractivity contribution in [1.82, 2.24) is 24.3 Å². The molecule has 0 aliphatic heterocycles. The minimum absolute atomic E-state index is 0.00620. The van der Waals surface area contributed by atoms with Crippen molar-refractivity contribution >= 4 is 15.5 Å². The van der Waals surface area contributed by atoms with E-state index in [4.69, 9.17) is 14.6 Å². The third-order valence-electron chi connectivity index (χ3n) is 6.82. The quantitative estimate of drug-likeness (QED) is 0.232. The Hall–Kier alpha value is -3.90. The smallest absolute Gasteiger partial charge is 0.277 e. The molecule has 2 aromatic heterocycles. The summed E-state index contributed by atoms with van der Waals surface area (Å²) >= 11 is 0. The summed E-state index contributed by atoms with van der Waals surface area (Å²) in [6.07, 6.45) is 2.02. The molecular weight excluding hydrogens is 534 g/mol. The van der Waals surface area contributed by atoms with Crippen LogP contribution in [-0.4, -0.2) is 53.4 Å². The molecule has 2 heterocycles. The van der Waals surface area contributed by atoms with Crippen LogP contribution in [0.25, 0.3) is 16.9 Å². The van der Waals surface area contributed by atoms with E-state index in [2.05, 4.69) is 28.5 Å². The van der Waals surface area contributed by atoms with Crippen molar-refractivity contribution in [3.8, 4) is 28.6 Å². The number of nitrogens with one attached hydrogen (secondary N) is 2. The zero-order valence-corrected chi connectivity index (χ0v) is 24.1. The lowest BCUT2D eigenvalue weighted by atomic mass is 10.0. The number of phenols is 1. The summed E-state index contributed by atoms with van der Waals surface area (Å²) in [6.45, 7) is 8.15. The lowest BCUT2D eigenvalue weighted by Gasteiger charge is -2.14. The highest BCUT2D eigenvalue weighted by molar-refractivity contribution is 7.89. The second-order valence-electron chi connectivity index (χ2n) is 9.38. The van der Waals surface area contributed by atoms with Gasteiger partial charge in [-0.1, -0.05) is 19.9 Å². The van der Waals surface area contributed by atoms with Crippen molar-refractivity contribution in [2.24, 2.45) is 0 Å². The number of aromatic nitrogens is 4. The van der Waals surface area contributed by atoms with Crippen molar-refractivity contribution in [3.63, 3.8) is 0 Å². The summed E-state index contributed by atoms with van der Waals surface area (Å²) in [7, 11) is -2.47. The van der Waals surface area contributed by atoms with E-state index in [0.717, 1.165) is 18.4 Å². The maximum absolute atomic E-state index is 13.2. The number of imidazole rings is 1. The van der Waals surface area contributed by atoms with Gasteiger partial charge in [0, 0.05) is 12.5 Å². The molecule has 0 atom stereocenters. The van der Waals surface area contributed by atoms with Crippen LogP contribution in [0.4, 0.5) is 0 Å². The van der Waals surface area contributed by atoms with Gasteiger partial charge in [-0.15, -0.1) is 5.10 Å². The molecule has 11 nitrogen and oxygen atoms in total. The standard InChI is InChI=1S/C28H35N5O6S/c1-6-19(7-2)27-30-17(4)25-28(35)31-26(32-33(25)27)21-16-20(10-12-23(21)39-8-3)40(36,37)29-14-13-18-9-11-24(38-5)22(34)15-18/h9-12,15-16,19,29,34H,6-8,13-14H2,1-5H3,(H,31,32,35). The Morgan fingerprint density at radius 2 is 1.82 bits per heavy atom. The minimum atomic E-state index is -3.93.